The van der Waals surface area contributed by atoms with E-state index in [0.717, 1.165) is 39.0 Å². The zero-order valence-electron chi connectivity index (χ0n) is 11.8. The highest BCUT2D eigenvalue weighted by molar-refractivity contribution is 5.98. The van der Waals surface area contributed by atoms with Gasteiger partial charge in [-0.2, -0.15) is 0 Å². The van der Waals surface area contributed by atoms with Gasteiger partial charge in [-0.15, -0.1) is 12.4 Å². The van der Waals surface area contributed by atoms with Crippen molar-refractivity contribution in [3.8, 4) is 0 Å². The number of nitrogens with zero attached hydrogens (tertiary/aromatic N) is 1. The van der Waals surface area contributed by atoms with Crippen molar-refractivity contribution < 1.29 is 9.59 Å². The Hall–Kier alpha value is -1.59. The van der Waals surface area contributed by atoms with Crippen molar-refractivity contribution in [1.82, 2.24) is 10.2 Å². The van der Waals surface area contributed by atoms with Crippen LogP contribution >= 0.6 is 12.4 Å². The molecular weight excluding hydrogens is 290 g/mol. The number of benzene rings is 1. The quantitative estimate of drug-likeness (QED) is 0.889. The van der Waals surface area contributed by atoms with Crippen LogP contribution in [0.5, 0.6) is 0 Å². The van der Waals surface area contributed by atoms with Crippen molar-refractivity contribution >= 4 is 29.9 Å². The Balaban J connectivity index is 0.00000161. The van der Waals surface area contributed by atoms with Crippen molar-refractivity contribution in [3.63, 3.8) is 0 Å². The summed E-state index contributed by atoms with van der Waals surface area (Å²) in [6.45, 7) is 3.14. The molecule has 0 aromatic heterocycles. The first kappa shape index (κ1) is 15.8. The molecule has 1 saturated heterocycles. The van der Waals surface area contributed by atoms with Crippen molar-refractivity contribution in [2.75, 3.05) is 31.5 Å². The average molecular weight is 310 g/mol. The molecular formula is C15H20ClN3O2. The standard InChI is InChI=1S/C15H19N3O2.ClH/c19-14(11-4-5-11)17-13-3-1-2-12(10-13)15(20)18-8-6-16-7-9-18;/h1-3,10-11,16H,4-9H2,(H,17,19);1H. The first-order valence-electron chi connectivity index (χ1n) is 7.15. The van der Waals surface area contributed by atoms with E-state index in [1.807, 2.05) is 17.0 Å². The summed E-state index contributed by atoms with van der Waals surface area (Å²) in [6.07, 6.45) is 1.95. The molecule has 0 bridgehead atoms. The van der Waals surface area contributed by atoms with E-state index in [4.69, 9.17) is 0 Å². The van der Waals surface area contributed by atoms with Gasteiger partial charge in [-0.05, 0) is 31.0 Å². The summed E-state index contributed by atoms with van der Waals surface area (Å²) < 4.78 is 0. The van der Waals surface area contributed by atoms with E-state index in [-0.39, 0.29) is 30.1 Å². The Morgan fingerprint density at radius 3 is 2.57 bits per heavy atom. The van der Waals surface area contributed by atoms with Gasteiger partial charge in [0.2, 0.25) is 5.91 Å². The molecule has 2 amide bonds. The van der Waals surface area contributed by atoms with Crippen LogP contribution in [0.3, 0.4) is 0 Å². The number of hydrogen-bond donors (Lipinski definition) is 2. The molecule has 3 rings (SSSR count). The second-order valence-electron chi connectivity index (χ2n) is 5.39. The molecule has 21 heavy (non-hydrogen) atoms. The highest BCUT2D eigenvalue weighted by Gasteiger charge is 2.29. The van der Waals surface area contributed by atoms with Gasteiger partial charge in [0.05, 0.1) is 0 Å². The Morgan fingerprint density at radius 2 is 1.90 bits per heavy atom. The number of hydrogen-bond acceptors (Lipinski definition) is 3. The number of amides is 2. The van der Waals surface area contributed by atoms with E-state index >= 15 is 0 Å². The topological polar surface area (TPSA) is 61.4 Å². The van der Waals surface area contributed by atoms with E-state index in [0.29, 0.717) is 11.3 Å². The average Bonchev–Trinajstić information content (AvgIpc) is 3.32. The van der Waals surface area contributed by atoms with Gasteiger partial charge in [0.25, 0.3) is 5.91 Å². The van der Waals surface area contributed by atoms with E-state index in [1.165, 1.54) is 0 Å². The van der Waals surface area contributed by atoms with Gasteiger partial charge in [0.1, 0.15) is 0 Å². The summed E-state index contributed by atoms with van der Waals surface area (Å²) in [7, 11) is 0. The van der Waals surface area contributed by atoms with Gasteiger partial charge in [-0.1, -0.05) is 6.07 Å². The molecule has 0 atom stereocenters. The summed E-state index contributed by atoms with van der Waals surface area (Å²) in [5.41, 5.74) is 1.35. The lowest BCUT2D eigenvalue weighted by molar-refractivity contribution is -0.117. The van der Waals surface area contributed by atoms with E-state index < -0.39 is 0 Å². The van der Waals surface area contributed by atoms with Crippen LogP contribution in [-0.2, 0) is 4.79 Å². The molecule has 1 heterocycles. The van der Waals surface area contributed by atoms with Crippen molar-refractivity contribution in [3.05, 3.63) is 29.8 Å². The Labute approximate surface area is 130 Å². The Morgan fingerprint density at radius 1 is 1.19 bits per heavy atom. The molecule has 5 nitrogen and oxygen atoms in total. The van der Waals surface area contributed by atoms with Crippen LogP contribution < -0.4 is 10.6 Å². The second kappa shape index (κ2) is 6.91. The van der Waals surface area contributed by atoms with Crippen molar-refractivity contribution in [1.29, 1.82) is 0 Å². The summed E-state index contributed by atoms with van der Waals surface area (Å²) in [4.78, 5) is 26.0. The van der Waals surface area contributed by atoms with Crippen LogP contribution in [0, 0.1) is 5.92 Å². The first-order valence-corrected chi connectivity index (χ1v) is 7.15. The number of carbonyl (C=O) groups is 2. The largest absolute Gasteiger partial charge is 0.336 e. The van der Waals surface area contributed by atoms with Crippen molar-refractivity contribution in [2.45, 2.75) is 12.8 Å². The van der Waals surface area contributed by atoms with Gasteiger partial charge in [0, 0.05) is 43.3 Å². The van der Waals surface area contributed by atoms with Crippen LogP contribution in [0.25, 0.3) is 0 Å². The minimum Gasteiger partial charge on any atom is -0.336 e. The molecule has 0 spiro atoms. The lowest BCUT2D eigenvalue weighted by Crippen LogP contribution is -2.46. The smallest absolute Gasteiger partial charge is 0.254 e. The number of piperazine rings is 1. The molecule has 1 saturated carbocycles. The molecule has 114 valence electrons. The number of rotatable bonds is 3. The lowest BCUT2D eigenvalue weighted by Gasteiger charge is -2.27. The predicted molar refractivity (Wildman–Crippen MR) is 83.8 cm³/mol. The molecule has 2 N–H and O–H groups in total. The maximum Gasteiger partial charge on any atom is 0.254 e. The summed E-state index contributed by atoms with van der Waals surface area (Å²) in [5, 5.41) is 6.11. The second-order valence-corrected chi connectivity index (χ2v) is 5.39. The molecule has 2 aliphatic rings. The Bertz CT molecular complexity index is 525. The molecule has 1 aromatic rings. The van der Waals surface area contributed by atoms with Gasteiger partial charge >= 0.3 is 0 Å². The predicted octanol–water partition coefficient (Wildman–Crippen LogP) is 1.50. The molecule has 1 aromatic carbocycles. The maximum absolute atomic E-state index is 12.4. The van der Waals surface area contributed by atoms with E-state index in [9.17, 15) is 9.59 Å². The monoisotopic (exact) mass is 309 g/mol. The van der Waals surface area contributed by atoms with E-state index in [2.05, 4.69) is 10.6 Å². The van der Waals surface area contributed by atoms with Crippen LogP contribution in [0.1, 0.15) is 23.2 Å². The Kier molecular flexibility index (Phi) is 5.20. The number of anilines is 1. The zero-order chi connectivity index (χ0) is 13.9. The molecule has 2 fully saturated rings. The highest BCUT2D eigenvalue weighted by atomic mass is 35.5. The summed E-state index contributed by atoms with van der Waals surface area (Å²) in [5.74, 6) is 0.272. The minimum atomic E-state index is 0. The zero-order valence-corrected chi connectivity index (χ0v) is 12.6. The maximum atomic E-state index is 12.4. The van der Waals surface area contributed by atoms with Crippen LogP contribution in [0.15, 0.2) is 24.3 Å². The first-order chi connectivity index (χ1) is 9.74. The van der Waals surface area contributed by atoms with Gasteiger partial charge < -0.3 is 15.5 Å². The molecule has 0 unspecified atom stereocenters. The third-order valence-electron chi connectivity index (χ3n) is 3.73. The fourth-order valence-corrected chi connectivity index (χ4v) is 2.37. The molecule has 1 aliphatic carbocycles. The summed E-state index contributed by atoms with van der Waals surface area (Å²) in [6, 6.07) is 7.22. The number of carbonyl (C=O) groups excluding carboxylic acids is 2. The SMILES string of the molecule is Cl.O=C(Nc1cccc(C(=O)N2CCNCC2)c1)C1CC1. The molecule has 6 heteroatoms. The number of nitrogens with one attached hydrogen (secondary N) is 2. The molecule has 1 aliphatic heterocycles. The lowest BCUT2D eigenvalue weighted by atomic mass is 10.1. The summed E-state index contributed by atoms with van der Waals surface area (Å²) >= 11 is 0. The van der Waals surface area contributed by atoms with Crippen LogP contribution in [0.2, 0.25) is 0 Å². The van der Waals surface area contributed by atoms with Gasteiger partial charge in [0.15, 0.2) is 0 Å². The fourth-order valence-electron chi connectivity index (χ4n) is 2.37. The van der Waals surface area contributed by atoms with Crippen LogP contribution in [-0.4, -0.2) is 42.9 Å². The van der Waals surface area contributed by atoms with Crippen LogP contribution in [0.4, 0.5) is 5.69 Å². The fraction of sp³-hybridized carbons (Fsp3) is 0.467. The third-order valence-corrected chi connectivity index (χ3v) is 3.73. The van der Waals surface area contributed by atoms with Gasteiger partial charge in [-0.25, -0.2) is 0 Å². The van der Waals surface area contributed by atoms with E-state index in [1.54, 1.807) is 12.1 Å². The van der Waals surface area contributed by atoms with Gasteiger partial charge in [-0.3, -0.25) is 9.59 Å². The third kappa shape index (κ3) is 3.95. The van der Waals surface area contributed by atoms with Crippen molar-refractivity contribution in [2.24, 2.45) is 5.92 Å². The molecule has 0 radical (unpaired) electrons. The minimum absolute atomic E-state index is 0. The number of halogens is 1. The highest BCUT2D eigenvalue weighted by Crippen LogP contribution is 2.30. The normalized spacial score (nSPS) is 17.8.